The van der Waals surface area contributed by atoms with Crippen LogP contribution in [0.4, 0.5) is 0 Å². The summed E-state index contributed by atoms with van der Waals surface area (Å²) in [5.74, 6) is 0. The van der Waals surface area contributed by atoms with Crippen molar-refractivity contribution in [3.05, 3.63) is 0 Å². The van der Waals surface area contributed by atoms with E-state index in [0.29, 0.717) is 0 Å². The zero-order valence-electron chi connectivity index (χ0n) is 5.40. The molecule has 1 heteroatoms. The maximum atomic E-state index is 1.50. The van der Waals surface area contributed by atoms with Gasteiger partial charge in [-0.2, -0.15) is 0 Å². The molecule has 0 aromatic heterocycles. The molecule has 0 bridgehead atoms. The molecule has 0 radical (unpaired) electrons. The minimum atomic E-state index is 0. The molecule has 0 aliphatic carbocycles. The Kier molecular flexibility index (Phi) is 3.37. The molecule has 2 fully saturated rings. The summed E-state index contributed by atoms with van der Waals surface area (Å²) in [6.07, 6.45) is 4.50. The number of hydrogen-bond donors (Lipinski definition) is 0. The quantitative estimate of drug-likeness (QED) is 0.458. The van der Waals surface area contributed by atoms with E-state index in [-0.39, 0.29) is 14.9 Å². The van der Waals surface area contributed by atoms with Crippen LogP contribution < -0.4 is 0 Å². The fourth-order valence-corrected chi connectivity index (χ4v) is 2.06. The van der Waals surface area contributed by atoms with Crippen LogP contribution >= 0.6 is 0 Å². The first-order valence-corrected chi connectivity index (χ1v) is 3.76. The van der Waals surface area contributed by atoms with Crippen molar-refractivity contribution in [2.75, 3.05) is 26.2 Å². The summed E-state index contributed by atoms with van der Waals surface area (Å²) in [6, 6.07) is 0. The first kappa shape index (κ1) is 9.96. The van der Waals surface area contributed by atoms with Crippen molar-refractivity contribution in [2.45, 2.75) is 34.1 Å². The van der Waals surface area contributed by atoms with Gasteiger partial charge in [-0.25, -0.2) is 0 Å². The third-order valence-corrected chi connectivity index (χ3v) is 2.78. The molecule has 0 aromatic carbocycles. The molecular formula is C9H22N+. The largest absolute Gasteiger partial charge is 0.323 e. The third-order valence-electron chi connectivity index (χ3n) is 2.78. The number of nitrogens with zero attached hydrogens (tertiary/aromatic N) is 1. The Balaban J connectivity index is 0.000000405. The van der Waals surface area contributed by atoms with Gasteiger partial charge in [-0.05, 0) is 0 Å². The molecule has 10 heavy (non-hydrogen) atoms. The van der Waals surface area contributed by atoms with Crippen molar-refractivity contribution in [3.63, 3.8) is 0 Å². The summed E-state index contributed by atoms with van der Waals surface area (Å²) in [4.78, 5) is 0. The van der Waals surface area contributed by atoms with Crippen molar-refractivity contribution in [1.82, 2.24) is 0 Å². The predicted octanol–water partition coefficient (Wildman–Crippen LogP) is 2.27. The van der Waals surface area contributed by atoms with Crippen LogP contribution in [-0.4, -0.2) is 30.7 Å². The van der Waals surface area contributed by atoms with Gasteiger partial charge in [0.2, 0.25) is 0 Å². The topological polar surface area (TPSA) is 0 Å². The summed E-state index contributed by atoms with van der Waals surface area (Å²) < 4.78 is 1.50. The van der Waals surface area contributed by atoms with Crippen molar-refractivity contribution in [1.29, 1.82) is 0 Å². The predicted molar refractivity (Wildman–Crippen MR) is 47.0 cm³/mol. The molecule has 2 aliphatic rings. The van der Waals surface area contributed by atoms with Crippen LogP contribution in [0.5, 0.6) is 0 Å². The van der Waals surface area contributed by atoms with E-state index in [9.17, 15) is 0 Å². The average Bonchev–Trinajstić information content (AvgIpc) is 2.07. The number of quaternary nitrogens is 1. The first-order chi connectivity index (χ1) is 3.91. The van der Waals surface area contributed by atoms with E-state index in [2.05, 4.69) is 0 Å². The monoisotopic (exact) mass is 144 g/mol. The van der Waals surface area contributed by atoms with Gasteiger partial charge in [0.1, 0.15) is 0 Å². The maximum absolute atomic E-state index is 1.50. The second-order valence-corrected chi connectivity index (χ2v) is 3.30. The van der Waals surface area contributed by atoms with E-state index < -0.39 is 0 Å². The molecule has 1 spiro atoms. The molecule has 0 saturated carbocycles. The number of rotatable bonds is 0. The Bertz CT molecular complexity index is 86.9. The van der Waals surface area contributed by atoms with Crippen molar-refractivity contribution in [3.8, 4) is 0 Å². The molecule has 0 unspecified atom stereocenters. The Hall–Kier alpha value is -0.0400. The van der Waals surface area contributed by atoms with E-state index >= 15 is 0 Å². The zero-order chi connectivity index (χ0) is 5.45. The normalized spacial score (nSPS) is 26.4. The molecule has 1 nitrogen and oxygen atoms in total. The average molecular weight is 144 g/mol. The Morgan fingerprint density at radius 1 is 0.600 bits per heavy atom. The van der Waals surface area contributed by atoms with Crippen LogP contribution in [0.25, 0.3) is 0 Å². The second-order valence-electron chi connectivity index (χ2n) is 3.30. The lowest BCUT2D eigenvalue weighted by molar-refractivity contribution is -0.952. The fraction of sp³-hybridized carbons (Fsp3) is 1.00. The van der Waals surface area contributed by atoms with Gasteiger partial charge in [0, 0.05) is 19.3 Å². The van der Waals surface area contributed by atoms with E-state index in [1.165, 1.54) is 49.9 Å². The van der Waals surface area contributed by atoms with Gasteiger partial charge in [0.15, 0.2) is 0 Å². The van der Waals surface area contributed by atoms with Gasteiger partial charge >= 0.3 is 0 Å². The van der Waals surface area contributed by atoms with Gasteiger partial charge in [0.05, 0.1) is 26.2 Å². The lowest BCUT2D eigenvalue weighted by atomic mass is 10.1. The van der Waals surface area contributed by atoms with E-state index in [1.807, 2.05) is 0 Å². The van der Waals surface area contributed by atoms with Crippen LogP contribution in [0.15, 0.2) is 0 Å². The fourth-order valence-electron chi connectivity index (χ4n) is 2.06. The summed E-state index contributed by atoms with van der Waals surface area (Å²) in [6.45, 7) is 6.00. The third kappa shape index (κ3) is 1.34. The SMILES string of the molecule is C.C.C1CC[N+]2(C1)CCC2. The van der Waals surface area contributed by atoms with E-state index in [1.54, 1.807) is 0 Å². The molecule has 0 amide bonds. The molecule has 2 aliphatic heterocycles. The first-order valence-electron chi connectivity index (χ1n) is 3.76. The van der Waals surface area contributed by atoms with Crippen LogP contribution in [0.1, 0.15) is 34.1 Å². The summed E-state index contributed by atoms with van der Waals surface area (Å²) in [5.41, 5.74) is 0. The van der Waals surface area contributed by atoms with Crippen molar-refractivity contribution >= 4 is 0 Å². The second kappa shape index (κ2) is 3.38. The van der Waals surface area contributed by atoms with Crippen LogP contribution in [0.2, 0.25) is 0 Å². The van der Waals surface area contributed by atoms with Gasteiger partial charge < -0.3 is 4.48 Å². The highest BCUT2D eigenvalue weighted by Crippen LogP contribution is 2.26. The Morgan fingerprint density at radius 3 is 1.20 bits per heavy atom. The van der Waals surface area contributed by atoms with Crippen LogP contribution in [-0.2, 0) is 0 Å². The minimum Gasteiger partial charge on any atom is -0.323 e. The minimum absolute atomic E-state index is 0. The highest BCUT2D eigenvalue weighted by molar-refractivity contribution is 4.61. The summed E-state index contributed by atoms with van der Waals surface area (Å²) >= 11 is 0. The maximum Gasteiger partial charge on any atom is 0.0841 e. The van der Waals surface area contributed by atoms with E-state index in [0.717, 1.165) is 0 Å². The van der Waals surface area contributed by atoms with Gasteiger partial charge in [0.25, 0.3) is 0 Å². The molecule has 2 heterocycles. The molecule has 0 aromatic rings. The lowest BCUT2D eigenvalue weighted by Crippen LogP contribution is -2.55. The van der Waals surface area contributed by atoms with Crippen molar-refractivity contribution < 1.29 is 4.48 Å². The highest BCUT2D eigenvalue weighted by atomic mass is 15.4. The Labute approximate surface area is 65.6 Å². The highest BCUT2D eigenvalue weighted by Gasteiger charge is 2.37. The zero-order valence-corrected chi connectivity index (χ0v) is 5.40. The molecule has 0 atom stereocenters. The Morgan fingerprint density at radius 2 is 1.00 bits per heavy atom. The van der Waals surface area contributed by atoms with Crippen LogP contribution in [0.3, 0.4) is 0 Å². The summed E-state index contributed by atoms with van der Waals surface area (Å²) in [5, 5.41) is 0. The van der Waals surface area contributed by atoms with Crippen LogP contribution in [0, 0.1) is 0 Å². The van der Waals surface area contributed by atoms with Gasteiger partial charge in [-0.15, -0.1) is 0 Å². The smallest absolute Gasteiger partial charge is 0.0841 e. The number of hydrogen-bond acceptors (Lipinski definition) is 0. The standard InChI is InChI=1S/C7H14N.2CH4/c1-2-5-8(4-1)6-3-7-8;;/h1-7H2;2*1H4/q+1;;. The van der Waals surface area contributed by atoms with Gasteiger partial charge in [-0.3, -0.25) is 0 Å². The molecule has 0 N–H and O–H groups in total. The molecular weight excluding hydrogens is 122 g/mol. The molecule has 2 saturated heterocycles. The molecule has 62 valence electrons. The van der Waals surface area contributed by atoms with E-state index in [4.69, 9.17) is 0 Å². The summed E-state index contributed by atoms with van der Waals surface area (Å²) in [7, 11) is 0. The molecule has 2 rings (SSSR count). The van der Waals surface area contributed by atoms with Gasteiger partial charge in [-0.1, -0.05) is 14.9 Å². The lowest BCUT2D eigenvalue weighted by Gasteiger charge is -2.41. The van der Waals surface area contributed by atoms with Crippen molar-refractivity contribution in [2.24, 2.45) is 0 Å².